The Morgan fingerprint density at radius 3 is 2.34 bits per heavy atom. The predicted molar refractivity (Wildman–Crippen MR) is 111 cm³/mol. The van der Waals surface area contributed by atoms with E-state index in [1.165, 1.54) is 14.2 Å². The third kappa shape index (κ3) is 5.57. The molecule has 9 nitrogen and oxygen atoms in total. The fourth-order valence-electron chi connectivity index (χ4n) is 2.79. The van der Waals surface area contributed by atoms with E-state index in [1.54, 1.807) is 22.8 Å². The van der Waals surface area contributed by atoms with Gasteiger partial charge in [0, 0.05) is 18.2 Å². The summed E-state index contributed by atoms with van der Waals surface area (Å²) in [5.74, 6) is 0.771. The molecule has 158 valence electrons. The van der Waals surface area contributed by atoms with Crippen LogP contribution in [0.1, 0.15) is 37.0 Å². The van der Waals surface area contributed by atoms with Gasteiger partial charge in [0.2, 0.25) is 5.91 Å². The molecule has 1 aromatic carbocycles. The van der Waals surface area contributed by atoms with Crippen molar-refractivity contribution in [1.29, 1.82) is 0 Å². The van der Waals surface area contributed by atoms with Gasteiger partial charge in [0.15, 0.2) is 10.6 Å². The molecule has 0 saturated carbocycles. The fourth-order valence-corrected chi connectivity index (χ4v) is 3.07. The first kappa shape index (κ1) is 22.4. The molecule has 0 fully saturated rings. The lowest BCUT2D eigenvalue weighted by atomic mass is 10.0. The number of carbonyl (C=O) groups excluding carboxylic acids is 2. The molecule has 0 saturated heterocycles. The molecule has 0 aliphatic heterocycles. The standard InChI is InChI=1S/C19H27N5O4S/c1-6-24-15(22-23-19(24)29)10-20-18(26)16(11(2)3)21-17(25)12-7-13(27-4)9-14(8-12)28-5/h7-9,11,16H,6,10H2,1-5H3,(H,20,26)(H,21,25)(H,23,29). The minimum atomic E-state index is -0.725. The quantitative estimate of drug-likeness (QED) is 0.535. The van der Waals surface area contributed by atoms with Gasteiger partial charge >= 0.3 is 0 Å². The van der Waals surface area contributed by atoms with Gasteiger partial charge in [-0.1, -0.05) is 13.8 Å². The minimum Gasteiger partial charge on any atom is -0.497 e. The molecule has 1 heterocycles. The van der Waals surface area contributed by atoms with E-state index in [1.807, 2.05) is 20.8 Å². The number of amides is 2. The molecular formula is C19H27N5O4S. The highest BCUT2D eigenvalue weighted by Crippen LogP contribution is 2.22. The van der Waals surface area contributed by atoms with Gasteiger partial charge in [-0.05, 0) is 37.2 Å². The van der Waals surface area contributed by atoms with Gasteiger partial charge in [0.05, 0.1) is 20.8 Å². The molecule has 0 spiro atoms. The highest BCUT2D eigenvalue weighted by Gasteiger charge is 2.25. The Hall–Kier alpha value is -2.88. The molecular weight excluding hydrogens is 394 g/mol. The fraction of sp³-hybridized carbons (Fsp3) is 0.474. The third-order valence-electron chi connectivity index (χ3n) is 4.42. The van der Waals surface area contributed by atoms with Gasteiger partial charge in [0.1, 0.15) is 17.5 Å². The van der Waals surface area contributed by atoms with Crippen LogP contribution in [0.2, 0.25) is 0 Å². The molecule has 0 aliphatic carbocycles. The second kappa shape index (κ2) is 10.1. The van der Waals surface area contributed by atoms with E-state index in [2.05, 4.69) is 20.8 Å². The number of nitrogens with zero attached hydrogens (tertiary/aromatic N) is 2. The molecule has 10 heteroatoms. The summed E-state index contributed by atoms with van der Waals surface area (Å²) < 4.78 is 12.7. The lowest BCUT2D eigenvalue weighted by molar-refractivity contribution is -0.124. The molecule has 0 bridgehead atoms. The zero-order valence-electron chi connectivity index (χ0n) is 17.2. The molecule has 1 unspecified atom stereocenters. The van der Waals surface area contributed by atoms with Gasteiger partial charge in [0.25, 0.3) is 5.91 Å². The van der Waals surface area contributed by atoms with Crippen molar-refractivity contribution < 1.29 is 19.1 Å². The van der Waals surface area contributed by atoms with Crippen LogP contribution >= 0.6 is 12.2 Å². The smallest absolute Gasteiger partial charge is 0.252 e. The summed E-state index contributed by atoms with van der Waals surface area (Å²) in [6.07, 6.45) is 0. The number of hydrogen-bond donors (Lipinski definition) is 3. The van der Waals surface area contributed by atoms with E-state index < -0.39 is 11.9 Å². The van der Waals surface area contributed by atoms with E-state index in [0.717, 1.165) is 0 Å². The number of methoxy groups -OCH3 is 2. The minimum absolute atomic E-state index is 0.126. The number of carbonyl (C=O) groups is 2. The molecule has 2 amide bonds. The van der Waals surface area contributed by atoms with Crippen molar-refractivity contribution in [2.24, 2.45) is 5.92 Å². The summed E-state index contributed by atoms with van der Waals surface area (Å²) in [5, 5.41) is 12.4. The summed E-state index contributed by atoms with van der Waals surface area (Å²) in [6.45, 7) is 6.50. The van der Waals surface area contributed by atoms with Crippen LogP contribution in [0.3, 0.4) is 0 Å². The highest BCUT2D eigenvalue weighted by molar-refractivity contribution is 7.71. The Labute approximate surface area is 174 Å². The number of rotatable bonds is 9. The summed E-state index contributed by atoms with van der Waals surface area (Å²) in [7, 11) is 3.01. The lowest BCUT2D eigenvalue weighted by Gasteiger charge is -2.22. The van der Waals surface area contributed by atoms with E-state index in [9.17, 15) is 9.59 Å². The number of aromatic nitrogens is 3. The zero-order valence-corrected chi connectivity index (χ0v) is 18.1. The third-order valence-corrected chi connectivity index (χ3v) is 4.74. The number of hydrogen-bond acceptors (Lipinski definition) is 6. The van der Waals surface area contributed by atoms with Crippen molar-refractivity contribution in [2.75, 3.05) is 14.2 Å². The highest BCUT2D eigenvalue weighted by atomic mass is 32.1. The molecule has 1 atom stereocenters. The van der Waals surface area contributed by atoms with E-state index in [4.69, 9.17) is 21.7 Å². The van der Waals surface area contributed by atoms with Crippen molar-refractivity contribution in [1.82, 2.24) is 25.4 Å². The number of H-pyrrole nitrogens is 1. The molecule has 1 aromatic heterocycles. The van der Waals surface area contributed by atoms with Gasteiger partial charge in [-0.2, -0.15) is 5.10 Å². The van der Waals surface area contributed by atoms with E-state index in [0.29, 0.717) is 34.2 Å². The van der Waals surface area contributed by atoms with Crippen LogP contribution in [0.25, 0.3) is 0 Å². The van der Waals surface area contributed by atoms with Crippen LogP contribution < -0.4 is 20.1 Å². The Balaban J connectivity index is 2.11. The Bertz CT molecular complexity index is 899. The number of nitrogens with one attached hydrogen (secondary N) is 3. The molecule has 2 aromatic rings. The van der Waals surface area contributed by atoms with Crippen LogP contribution in [-0.4, -0.2) is 46.8 Å². The Morgan fingerprint density at radius 2 is 1.83 bits per heavy atom. The normalized spacial score (nSPS) is 11.8. The second-order valence-electron chi connectivity index (χ2n) is 6.70. The van der Waals surface area contributed by atoms with Crippen molar-refractivity contribution in [3.63, 3.8) is 0 Å². The van der Waals surface area contributed by atoms with Crippen LogP contribution in [0.15, 0.2) is 18.2 Å². The lowest BCUT2D eigenvalue weighted by Crippen LogP contribution is -2.49. The number of aromatic amines is 1. The summed E-state index contributed by atoms with van der Waals surface area (Å²) >= 11 is 5.15. The van der Waals surface area contributed by atoms with E-state index in [-0.39, 0.29) is 18.4 Å². The molecule has 0 radical (unpaired) electrons. The average Bonchev–Trinajstić information content (AvgIpc) is 3.08. The topological polar surface area (TPSA) is 110 Å². The van der Waals surface area contributed by atoms with Crippen LogP contribution in [0.5, 0.6) is 11.5 Å². The first-order valence-electron chi connectivity index (χ1n) is 9.26. The van der Waals surface area contributed by atoms with Crippen molar-refractivity contribution in [2.45, 2.75) is 39.9 Å². The summed E-state index contributed by atoms with van der Waals surface area (Å²) in [5.41, 5.74) is 0.339. The number of ether oxygens (including phenoxy) is 2. The summed E-state index contributed by atoms with van der Waals surface area (Å²) in [4.78, 5) is 25.5. The van der Waals surface area contributed by atoms with Crippen molar-refractivity contribution in [3.05, 3.63) is 34.4 Å². The molecule has 0 aliphatic rings. The SMILES string of the molecule is CCn1c(CNC(=O)C(NC(=O)c2cc(OC)cc(OC)c2)C(C)C)n[nH]c1=S. The van der Waals surface area contributed by atoms with Crippen LogP contribution in [-0.2, 0) is 17.9 Å². The van der Waals surface area contributed by atoms with Gasteiger partial charge in [-0.15, -0.1) is 0 Å². The second-order valence-corrected chi connectivity index (χ2v) is 7.09. The maximum absolute atomic E-state index is 12.7. The van der Waals surface area contributed by atoms with Crippen molar-refractivity contribution in [3.8, 4) is 11.5 Å². The maximum Gasteiger partial charge on any atom is 0.252 e. The largest absolute Gasteiger partial charge is 0.497 e. The Morgan fingerprint density at radius 1 is 1.21 bits per heavy atom. The molecule has 29 heavy (non-hydrogen) atoms. The average molecular weight is 422 g/mol. The molecule has 2 rings (SSSR count). The van der Waals surface area contributed by atoms with Gasteiger partial charge < -0.3 is 24.7 Å². The van der Waals surface area contributed by atoms with E-state index >= 15 is 0 Å². The van der Waals surface area contributed by atoms with Crippen LogP contribution in [0, 0.1) is 10.7 Å². The van der Waals surface area contributed by atoms with Crippen molar-refractivity contribution >= 4 is 24.0 Å². The molecule has 3 N–H and O–H groups in total. The number of benzene rings is 1. The Kier molecular flexibility index (Phi) is 7.77. The monoisotopic (exact) mass is 421 g/mol. The zero-order chi connectivity index (χ0) is 21.6. The summed E-state index contributed by atoms with van der Waals surface area (Å²) in [6, 6.07) is 4.12. The first-order valence-corrected chi connectivity index (χ1v) is 9.67. The van der Waals surface area contributed by atoms with Gasteiger partial charge in [-0.3, -0.25) is 14.7 Å². The maximum atomic E-state index is 12.7. The first-order chi connectivity index (χ1) is 13.8. The van der Waals surface area contributed by atoms with Crippen LogP contribution in [0.4, 0.5) is 0 Å². The van der Waals surface area contributed by atoms with Gasteiger partial charge in [-0.25, -0.2) is 0 Å². The predicted octanol–water partition coefficient (Wildman–Crippen LogP) is 2.05.